The van der Waals surface area contributed by atoms with Crippen molar-refractivity contribution < 1.29 is 0 Å². The predicted molar refractivity (Wildman–Crippen MR) is 76.3 cm³/mol. The molecule has 0 aliphatic heterocycles. The van der Waals surface area contributed by atoms with E-state index in [2.05, 4.69) is 32.7 Å². The van der Waals surface area contributed by atoms with Gasteiger partial charge in [-0.25, -0.2) is 4.98 Å². The Kier molecular flexibility index (Phi) is 3.92. The maximum absolute atomic E-state index is 5.86. The van der Waals surface area contributed by atoms with Crippen LogP contribution in [0.2, 0.25) is 0 Å². The van der Waals surface area contributed by atoms with Gasteiger partial charge in [0.1, 0.15) is 5.82 Å². The zero-order valence-corrected chi connectivity index (χ0v) is 12.1. The van der Waals surface area contributed by atoms with Crippen molar-refractivity contribution in [3.8, 4) is 0 Å². The van der Waals surface area contributed by atoms with E-state index in [0.717, 1.165) is 40.5 Å². The number of pyridine rings is 1. The van der Waals surface area contributed by atoms with Crippen molar-refractivity contribution in [1.82, 2.24) is 4.98 Å². The zero-order valence-electron chi connectivity index (χ0n) is 10.5. The molecule has 0 aromatic carbocycles. The van der Waals surface area contributed by atoms with Crippen LogP contribution in [0.4, 0.5) is 11.5 Å². The summed E-state index contributed by atoms with van der Waals surface area (Å²) in [4.78, 5) is 6.82. The molecular formula is C13H20BrN3. The van der Waals surface area contributed by atoms with E-state index in [1.165, 1.54) is 19.3 Å². The number of hydrogen-bond donors (Lipinski definition) is 1. The number of nitrogen functional groups attached to an aromatic ring is 1. The summed E-state index contributed by atoms with van der Waals surface area (Å²) in [7, 11) is 0. The topological polar surface area (TPSA) is 42.2 Å². The molecule has 1 heterocycles. The molecule has 1 aliphatic rings. The molecule has 1 fully saturated rings. The molecule has 0 saturated heterocycles. The molecule has 0 unspecified atom stereocenters. The van der Waals surface area contributed by atoms with Crippen LogP contribution in [0.25, 0.3) is 0 Å². The largest absolute Gasteiger partial charge is 0.397 e. The first kappa shape index (κ1) is 12.7. The van der Waals surface area contributed by atoms with Crippen molar-refractivity contribution in [2.45, 2.75) is 33.1 Å². The second-order valence-electron chi connectivity index (χ2n) is 4.81. The van der Waals surface area contributed by atoms with Gasteiger partial charge in [-0.2, -0.15) is 0 Å². The minimum absolute atomic E-state index is 0.750. The van der Waals surface area contributed by atoms with Crippen LogP contribution >= 0.6 is 15.9 Å². The third kappa shape index (κ3) is 2.57. The Morgan fingerprint density at radius 2 is 2.24 bits per heavy atom. The van der Waals surface area contributed by atoms with Crippen molar-refractivity contribution in [3.05, 3.63) is 16.2 Å². The van der Waals surface area contributed by atoms with Gasteiger partial charge in [0.15, 0.2) is 0 Å². The summed E-state index contributed by atoms with van der Waals surface area (Å²) >= 11 is 3.62. The Balaban J connectivity index is 2.20. The fraction of sp³-hybridized carbons (Fsp3) is 0.615. The van der Waals surface area contributed by atoms with Crippen molar-refractivity contribution >= 4 is 27.4 Å². The van der Waals surface area contributed by atoms with Gasteiger partial charge < -0.3 is 10.6 Å². The molecule has 2 N–H and O–H groups in total. The average Bonchev–Trinajstić information content (AvgIpc) is 2.27. The van der Waals surface area contributed by atoms with Crippen LogP contribution in [-0.2, 0) is 0 Å². The minimum Gasteiger partial charge on any atom is -0.397 e. The normalized spacial score (nSPS) is 15.7. The summed E-state index contributed by atoms with van der Waals surface area (Å²) < 4.78 is 1.04. The first-order valence-electron chi connectivity index (χ1n) is 6.29. The summed E-state index contributed by atoms with van der Waals surface area (Å²) in [5.74, 6) is 1.88. The molecule has 0 spiro atoms. The lowest BCUT2D eigenvalue weighted by atomic mass is 9.85. The molecule has 4 heteroatoms. The van der Waals surface area contributed by atoms with Gasteiger partial charge in [-0.1, -0.05) is 6.42 Å². The maximum atomic E-state index is 5.86. The van der Waals surface area contributed by atoms with Crippen molar-refractivity contribution in [3.63, 3.8) is 0 Å². The Morgan fingerprint density at radius 1 is 1.53 bits per heavy atom. The number of nitrogens with two attached hydrogens (primary N) is 1. The van der Waals surface area contributed by atoms with Crippen LogP contribution in [0.3, 0.4) is 0 Å². The maximum Gasteiger partial charge on any atom is 0.143 e. The highest BCUT2D eigenvalue weighted by molar-refractivity contribution is 9.10. The number of nitrogens with zero attached hydrogens (tertiary/aromatic N) is 2. The van der Waals surface area contributed by atoms with E-state index in [4.69, 9.17) is 5.73 Å². The fourth-order valence-electron chi connectivity index (χ4n) is 2.15. The van der Waals surface area contributed by atoms with E-state index < -0.39 is 0 Å². The van der Waals surface area contributed by atoms with E-state index in [9.17, 15) is 0 Å². The number of rotatable bonds is 4. The lowest BCUT2D eigenvalue weighted by molar-refractivity contribution is 0.318. The second-order valence-corrected chi connectivity index (χ2v) is 5.60. The van der Waals surface area contributed by atoms with Crippen molar-refractivity contribution in [1.29, 1.82) is 0 Å². The fourth-order valence-corrected chi connectivity index (χ4v) is 2.73. The van der Waals surface area contributed by atoms with Gasteiger partial charge in [-0.3, -0.25) is 0 Å². The standard InChI is InChI=1S/C13H20BrN3/c1-3-17(8-10-5-4-6-10)13-12(14)9(2)11(15)7-16-13/h7,10H,3-6,8,15H2,1-2H3. The van der Waals surface area contributed by atoms with Gasteiger partial charge in [-0.05, 0) is 54.1 Å². The molecule has 2 rings (SSSR count). The van der Waals surface area contributed by atoms with Gasteiger partial charge in [0.05, 0.1) is 16.4 Å². The summed E-state index contributed by atoms with van der Waals surface area (Å²) in [6.07, 6.45) is 5.88. The Morgan fingerprint density at radius 3 is 2.76 bits per heavy atom. The van der Waals surface area contributed by atoms with Crippen LogP contribution in [0, 0.1) is 12.8 Å². The lowest BCUT2D eigenvalue weighted by Crippen LogP contribution is -2.33. The van der Waals surface area contributed by atoms with Crippen molar-refractivity contribution in [2.24, 2.45) is 5.92 Å². The highest BCUT2D eigenvalue weighted by atomic mass is 79.9. The first-order valence-corrected chi connectivity index (χ1v) is 7.08. The summed E-state index contributed by atoms with van der Waals surface area (Å²) in [6.45, 7) is 6.32. The van der Waals surface area contributed by atoms with Crippen LogP contribution < -0.4 is 10.6 Å². The molecule has 17 heavy (non-hydrogen) atoms. The van der Waals surface area contributed by atoms with E-state index in [0.29, 0.717) is 0 Å². The van der Waals surface area contributed by atoms with Gasteiger partial charge in [-0.15, -0.1) is 0 Å². The number of aromatic nitrogens is 1. The van der Waals surface area contributed by atoms with E-state index >= 15 is 0 Å². The Bertz CT molecular complexity index is 402. The first-order chi connectivity index (χ1) is 8.13. The summed E-state index contributed by atoms with van der Waals surface area (Å²) in [5.41, 5.74) is 7.69. The molecule has 0 amide bonds. The van der Waals surface area contributed by atoms with Crippen LogP contribution in [-0.4, -0.2) is 18.1 Å². The molecule has 0 radical (unpaired) electrons. The quantitative estimate of drug-likeness (QED) is 0.926. The lowest BCUT2D eigenvalue weighted by Gasteiger charge is -2.33. The number of hydrogen-bond acceptors (Lipinski definition) is 3. The second kappa shape index (κ2) is 5.25. The molecule has 0 bridgehead atoms. The van der Waals surface area contributed by atoms with Gasteiger partial charge in [0, 0.05) is 13.1 Å². The third-order valence-electron chi connectivity index (χ3n) is 3.67. The number of halogens is 1. The van der Waals surface area contributed by atoms with Crippen LogP contribution in [0.5, 0.6) is 0 Å². The SMILES string of the molecule is CCN(CC1CCC1)c1ncc(N)c(C)c1Br. The third-order valence-corrected chi connectivity index (χ3v) is 4.62. The highest BCUT2D eigenvalue weighted by Crippen LogP contribution is 2.33. The Hall–Kier alpha value is -0.770. The molecule has 94 valence electrons. The summed E-state index contributed by atoms with van der Waals surface area (Å²) in [5, 5.41) is 0. The average molecular weight is 298 g/mol. The van der Waals surface area contributed by atoms with E-state index in [1.807, 2.05) is 6.92 Å². The minimum atomic E-state index is 0.750. The van der Waals surface area contributed by atoms with E-state index in [1.54, 1.807) is 6.20 Å². The van der Waals surface area contributed by atoms with Crippen LogP contribution in [0.15, 0.2) is 10.7 Å². The number of anilines is 2. The monoisotopic (exact) mass is 297 g/mol. The van der Waals surface area contributed by atoms with Crippen molar-refractivity contribution in [2.75, 3.05) is 23.7 Å². The summed E-state index contributed by atoms with van der Waals surface area (Å²) in [6, 6.07) is 0. The van der Waals surface area contributed by atoms with Gasteiger partial charge in [0.2, 0.25) is 0 Å². The highest BCUT2D eigenvalue weighted by Gasteiger charge is 2.22. The molecular weight excluding hydrogens is 278 g/mol. The van der Waals surface area contributed by atoms with Crippen LogP contribution in [0.1, 0.15) is 31.7 Å². The van der Waals surface area contributed by atoms with Gasteiger partial charge >= 0.3 is 0 Å². The predicted octanol–water partition coefficient (Wildman–Crippen LogP) is 3.36. The zero-order chi connectivity index (χ0) is 12.4. The van der Waals surface area contributed by atoms with Gasteiger partial charge in [0.25, 0.3) is 0 Å². The molecule has 0 atom stereocenters. The Labute approximate surface area is 112 Å². The molecule has 3 nitrogen and oxygen atoms in total. The smallest absolute Gasteiger partial charge is 0.143 e. The van der Waals surface area contributed by atoms with E-state index in [-0.39, 0.29) is 0 Å². The molecule has 1 saturated carbocycles. The molecule has 1 aromatic rings. The molecule has 1 aromatic heterocycles. The molecule has 1 aliphatic carbocycles.